The van der Waals surface area contributed by atoms with Gasteiger partial charge in [0.15, 0.2) is 0 Å². The first kappa shape index (κ1) is 43.1. The Bertz CT molecular complexity index is 2040. The van der Waals surface area contributed by atoms with Crippen LogP contribution in [0.25, 0.3) is 0 Å². The molecule has 0 aliphatic heterocycles. The summed E-state index contributed by atoms with van der Waals surface area (Å²) in [5, 5.41) is 8.64. The van der Waals surface area contributed by atoms with Crippen molar-refractivity contribution in [1.82, 2.24) is 4.90 Å². The molecule has 0 atom stereocenters. The van der Waals surface area contributed by atoms with Crippen LogP contribution in [0.5, 0.6) is 34.5 Å². The normalized spacial score (nSPS) is 10.6. The third kappa shape index (κ3) is 13.3. The molecule has 314 valence electrons. The van der Waals surface area contributed by atoms with Crippen LogP contribution in [0.3, 0.4) is 0 Å². The van der Waals surface area contributed by atoms with E-state index in [1.54, 1.807) is 167 Å². The van der Waals surface area contributed by atoms with Crippen LogP contribution in [0.4, 0.5) is 17.1 Å². The van der Waals surface area contributed by atoms with E-state index in [1.165, 1.54) is 0 Å². The van der Waals surface area contributed by atoms with Crippen molar-refractivity contribution in [2.45, 2.75) is 0 Å². The van der Waals surface area contributed by atoms with Crippen molar-refractivity contribution in [3.63, 3.8) is 0 Å². The molecule has 13 heteroatoms. The van der Waals surface area contributed by atoms with Crippen molar-refractivity contribution in [3.8, 4) is 34.5 Å². The molecule has 6 aromatic rings. The van der Waals surface area contributed by atoms with Gasteiger partial charge in [-0.25, -0.2) is 0 Å². The predicted molar refractivity (Wildman–Crippen MR) is 235 cm³/mol. The lowest BCUT2D eigenvalue weighted by atomic mass is 10.2. The Morgan fingerprint density at radius 1 is 0.361 bits per heavy atom. The number of carbonyl (C=O) groups is 3. The van der Waals surface area contributed by atoms with Crippen molar-refractivity contribution < 1.29 is 42.8 Å². The van der Waals surface area contributed by atoms with Crippen LogP contribution in [0.2, 0.25) is 0 Å². The number of anilines is 3. The smallest absolute Gasteiger partial charge is 0.255 e. The summed E-state index contributed by atoms with van der Waals surface area (Å²) >= 11 is 0. The Balaban J connectivity index is 1.00. The lowest BCUT2D eigenvalue weighted by molar-refractivity contribution is 0.101. The number of carbonyl (C=O) groups excluding carboxylic acids is 3. The van der Waals surface area contributed by atoms with Gasteiger partial charge in [-0.15, -0.1) is 0 Å². The van der Waals surface area contributed by atoms with E-state index in [-0.39, 0.29) is 17.7 Å². The highest BCUT2D eigenvalue weighted by Gasteiger charge is 2.12. The maximum Gasteiger partial charge on any atom is 0.255 e. The fourth-order valence-electron chi connectivity index (χ4n) is 5.95. The van der Waals surface area contributed by atoms with Gasteiger partial charge in [-0.3, -0.25) is 19.3 Å². The first-order valence-corrected chi connectivity index (χ1v) is 19.6. The Kier molecular flexibility index (Phi) is 15.6. The van der Waals surface area contributed by atoms with Crippen LogP contribution in [0.15, 0.2) is 146 Å². The van der Waals surface area contributed by atoms with Crippen molar-refractivity contribution in [2.75, 3.05) is 76.7 Å². The topological polar surface area (TPSA) is 146 Å². The number of nitrogens with zero attached hydrogens (tertiary/aromatic N) is 1. The van der Waals surface area contributed by atoms with Crippen LogP contribution in [0.1, 0.15) is 31.1 Å². The lowest BCUT2D eigenvalue weighted by Gasteiger charge is -2.23. The van der Waals surface area contributed by atoms with E-state index in [2.05, 4.69) is 20.9 Å². The molecule has 0 unspecified atom stereocenters. The minimum Gasteiger partial charge on any atom is -0.497 e. The maximum absolute atomic E-state index is 12.8. The van der Waals surface area contributed by atoms with Gasteiger partial charge in [-0.1, -0.05) is 0 Å². The van der Waals surface area contributed by atoms with E-state index in [0.717, 1.165) is 0 Å². The van der Waals surface area contributed by atoms with Crippen molar-refractivity contribution in [1.29, 1.82) is 0 Å². The predicted octanol–water partition coefficient (Wildman–Crippen LogP) is 8.31. The Labute approximate surface area is 355 Å². The zero-order valence-electron chi connectivity index (χ0n) is 34.2. The SMILES string of the molecule is COc1ccc(NC(=O)c2ccc(OCCN(CCOc3ccc(C(=O)Nc4ccc(OC)cc4)cc3)CCOc3ccc(C(=O)Nc4ccc(OC)cc4)cc3)cc2)cc1. The summed E-state index contributed by atoms with van der Waals surface area (Å²) in [4.78, 5) is 40.5. The van der Waals surface area contributed by atoms with E-state index in [4.69, 9.17) is 28.4 Å². The molecule has 3 amide bonds. The summed E-state index contributed by atoms with van der Waals surface area (Å²) in [5.74, 6) is 3.29. The van der Waals surface area contributed by atoms with Gasteiger partial charge in [-0.2, -0.15) is 0 Å². The average Bonchev–Trinajstić information content (AvgIpc) is 3.30. The summed E-state index contributed by atoms with van der Waals surface area (Å²) in [6.07, 6.45) is 0. The average molecular weight is 825 g/mol. The lowest BCUT2D eigenvalue weighted by Crippen LogP contribution is -2.35. The summed E-state index contributed by atoms with van der Waals surface area (Å²) in [7, 11) is 4.77. The number of hydrogen-bond donors (Lipinski definition) is 3. The molecule has 6 rings (SSSR count). The van der Waals surface area contributed by atoms with Crippen molar-refractivity contribution in [2.24, 2.45) is 0 Å². The zero-order chi connectivity index (χ0) is 42.8. The van der Waals surface area contributed by atoms with Gasteiger partial charge in [0, 0.05) is 53.4 Å². The molecule has 61 heavy (non-hydrogen) atoms. The van der Waals surface area contributed by atoms with E-state index in [1.807, 2.05) is 0 Å². The van der Waals surface area contributed by atoms with E-state index < -0.39 is 0 Å². The quantitative estimate of drug-likeness (QED) is 0.0648. The zero-order valence-corrected chi connectivity index (χ0v) is 34.2. The van der Waals surface area contributed by atoms with Crippen LogP contribution in [-0.4, -0.2) is 83.4 Å². The fourth-order valence-corrected chi connectivity index (χ4v) is 5.95. The summed E-state index contributed by atoms with van der Waals surface area (Å²) in [6.45, 7) is 2.78. The van der Waals surface area contributed by atoms with Gasteiger partial charge >= 0.3 is 0 Å². The highest BCUT2D eigenvalue weighted by molar-refractivity contribution is 6.05. The van der Waals surface area contributed by atoms with Gasteiger partial charge in [0.1, 0.15) is 54.3 Å². The molecule has 3 N–H and O–H groups in total. The molecule has 13 nitrogen and oxygen atoms in total. The van der Waals surface area contributed by atoms with E-state index in [9.17, 15) is 14.4 Å². The molecule has 0 aromatic heterocycles. The van der Waals surface area contributed by atoms with E-state index >= 15 is 0 Å². The van der Waals surface area contributed by atoms with Crippen molar-refractivity contribution in [3.05, 3.63) is 162 Å². The molecule has 0 fully saturated rings. The Morgan fingerprint density at radius 2 is 0.590 bits per heavy atom. The van der Waals surface area contributed by atoms with Gasteiger partial charge in [-0.05, 0) is 146 Å². The molecule has 0 radical (unpaired) electrons. The molecular formula is C48H48N4O9. The minimum absolute atomic E-state index is 0.235. The largest absolute Gasteiger partial charge is 0.497 e. The molecule has 0 saturated heterocycles. The van der Waals surface area contributed by atoms with Crippen LogP contribution >= 0.6 is 0 Å². The van der Waals surface area contributed by atoms with Crippen LogP contribution in [0, 0.1) is 0 Å². The van der Waals surface area contributed by atoms with Gasteiger partial charge in [0.2, 0.25) is 0 Å². The molecule has 0 heterocycles. The number of hydrogen-bond acceptors (Lipinski definition) is 10. The highest BCUT2D eigenvalue weighted by atomic mass is 16.5. The second-order valence-corrected chi connectivity index (χ2v) is 13.5. The van der Waals surface area contributed by atoms with Crippen LogP contribution in [-0.2, 0) is 0 Å². The molecule has 0 spiro atoms. The van der Waals surface area contributed by atoms with Gasteiger partial charge in [0.05, 0.1) is 21.3 Å². The van der Waals surface area contributed by atoms with Crippen LogP contribution < -0.4 is 44.4 Å². The Morgan fingerprint density at radius 3 is 0.820 bits per heavy atom. The number of benzene rings is 6. The summed E-state index contributed by atoms with van der Waals surface area (Å²) in [6, 6.07) is 42.3. The third-order valence-electron chi connectivity index (χ3n) is 9.42. The second kappa shape index (κ2) is 22.0. The molecule has 6 aromatic carbocycles. The van der Waals surface area contributed by atoms with Gasteiger partial charge in [0.25, 0.3) is 17.7 Å². The molecule has 0 aliphatic carbocycles. The number of nitrogens with one attached hydrogen (secondary N) is 3. The Hall–Kier alpha value is -7.51. The number of amides is 3. The standard InChI is InChI=1S/C48H48N4O9/c1-56-40-22-10-37(11-23-40)49-46(53)34-4-16-43(17-5-34)59-31-28-52(29-32-60-44-18-6-35(7-19-44)47(54)50-38-12-24-41(57-2)25-13-38)30-33-61-45-20-8-36(9-21-45)48(55)51-39-14-26-42(58-3)27-15-39/h4-27H,28-33H2,1-3H3,(H,49,53)(H,50,54)(H,51,55). The second-order valence-electron chi connectivity index (χ2n) is 13.5. The maximum atomic E-state index is 12.8. The number of ether oxygens (including phenoxy) is 6. The number of methoxy groups -OCH3 is 3. The van der Waals surface area contributed by atoms with Crippen molar-refractivity contribution >= 4 is 34.8 Å². The number of rotatable bonds is 21. The van der Waals surface area contributed by atoms with E-state index in [0.29, 0.717) is 108 Å². The monoisotopic (exact) mass is 824 g/mol. The minimum atomic E-state index is -0.235. The third-order valence-corrected chi connectivity index (χ3v) is 9.42. The summed E-state index contributed by atoms with van der Waals surface area (Å²) in [5.41, 5.74) is 3.47. The highest BCUT2D eigenvalue weighted by Crippen LogP contribution is 2.21. The molecule has 0 bridgehead atoms. The fraction of sp³-hybridized carbons (Fsp3) is 0.188. The molecule has 0 aliphatic rings. The van der Waals surface area contributed by atoms with Gasteiger partial charge < -0.3 is 44.4 Å². The first-order valence-electron chi connectivity index (χ1n) is 19.6. The molecule has 0 saturated carbocycles. The summed E-state index contributed by atoms with van der Waals surface area (Å²) < 4.78 is 33.7. The first-order chi connectivity index (χ1) is 29.8. The molecular weight excluding hydrogens is 777 g/mol.